The van der Waals surface area contributed by atoms with Gasteiger partial charge in [0.25, 0.3) is 5.91 Å². The van der Waals surface area contributed by atoms with E-state index in [2.05, 4.69) is 9.97 Å². The number of aromatic nitrogens is 2. The number of H-pyrrole nitrogens is 1. The van der Waals surface area contributed by atoms with Crippen LogP contribution in [0.4, 0.5) is 0 Å². The van der Waals surface area contributed by atoms with Gasteiger partial charge in [-0.3, -0.25) is 4.79 Å². The first-order valence-electron chi connectivity index (χ1n) is 5.07. The molecular formula is C11H11N3O. The Morgan fingerprint density at radius 1 is 1.40 bits per heavy atom. The number of rotatable bonds is 1. The fourth-order valence-electron chi connectivity index (χ4n) is 1.84. The van der Waals surface area contributed by atoms with E-state index in [4.69, 9.17) is 0 Å². The molecule has 1 fully saturated rings. The number of fused-ring (bicyclic) bond motifs is 1. The van der Waals surface area contributed by atoms with E-state index in [0.717, 1.165) is 36.1 Å². The van der Waals surface area contributed by atoms with Crippen molar-refractivity contribution in [3.63, 3.8) is 0 Å². The molecule has 4 heteroatoms. The number of pyridine rings is 1. The first-order valence-corrected chi connectivity index (χ1v) is 5.07. The normalized spacial score (nSPS) is 15.3. The molecule has 1 amide bonds. The topological polar surface area (TPSA) is 49.0 Å². The lowest BCUT2D eigenvalue weighted by molar-refractivity contribution is 0.0654. The van der Waals surface area contributed by atoms with Crippen LogP contribution in [0.25, 0.3) is 11.0 Å². The molecule has 2 aromatic heterocycles. The SMILES string of the molecule is O=C(c1ccnc2[nH]ccc12)N1CCC1. The molecule has 0 radical (unpaired) electrons. The Balaban J connectivity index is 2.09. The highest BCUT2D eigenvalue weighted by Crippen LogP contribution is 2.19. The van der Waals surface area contributed by atoms with Crippen molar-refractivity contribution in [2.45, 2.75) is 6.42 Å². The molecule has 1 aliphatic rings. The molecule has 2 aromatic rings. The summed E-state index contributed by atoms with van der Waals surface area (Å²) < 4.78 is 0. The molecule has 3 rings (SSSR count). The van der Waals surface area contributed by atoms with Gasteiger partial charge in [-0.25, -0.2) is 4.98 Å². The van der Waals surface area contributed by atoms with Crippen LogP contribution >= 0.6 is 0 Å². The van der Waals surface area contributed by atoms with Gasteiger partial charge in [-0.1, -0.05) is 0 Å². The van der Waals surface area contributed by atoms with Gasteiger partial charge in [0.1, 0.15) is 5.65 Å². The van der Waals surface area contributed by atoms with Crippen LogP contribution in [0, 0.1) is 0 Å². The number of amides is 1. The summed E-state index contributed by atoms with van der Waals surface area (Å²) >= 11 is 0. The fourth-order valence-corrected chi connectivity index (χ4v) is 1.84. The maximum absolute atomic E-state index is 12.0. The minimum Gasteiger partial charge on any atom is -0.346 e. The predicted octanol–water partition coefficient (Wildman–Crippen LogP) is 1.41. The van der Waals surface area contributed by atoms with Crippen molar-refractivity contribution in [1.29, 1.82) is 0 Å². The van der Waals surface area contributed by atoms with Gasteiger partial charge in [0, 0.05) is 30.9 Å². The third-order valence-electron chi connectivity index (χ3n) is 2.83. The first kappa shape index (κ1) is 8.47. The standard InChI is InChI=1S/C11H11N3O/c15-11(14-6-1-7-14)9-3-5-13-10-8(9)2-4-12-10/h2-5H,1,6-7H2,(H,12,13). The number of hydrogen-bond donors (Lipinski definition) is 1. The summed E-state index contributed by atoms with van der Waals surface area (Å²) in [6, 6.07) is 3.69. The van der Waals surface area contributed by atoms with Gasteiger partial charge in [0.2, 0.25) is 0 Å². The van der Waals surface area contributed by atoms with Crippen LogP contribution in [-0.2, 0) is 0 Å². The Hall–Kier alpha value is -1.84. The summed E-state index contributed by atoms with van der Waals surface area (Å²) in [4.78, 5) is 21.1. The molecule has 0 spiro atoms. The van der Waals surface area contributed by atoms with Gasteiger partial charge in [0.05, 0.1) is 5.56 Å². The van der Waals surface area contributed by atoms with Crippen LogP contribution in [0.5, 0.6) is 0 Å². The van der Waals surface area contributed by atoms with Crippen molar-refractivity contribution in [3.05, 3.63) is 30.1 Å². The van der Waals surface area contributed by atoms with Crippen molar-refractivity contribution in [2.24, 2.45) is 0 Å². The average Bonchev–Trinajstić information content (AvgIpc) is 2.61. The van der Waals surface area contributed by atoms with E-state index in [1.54, 1.807) is 12.3 Å². The molecule has 76 valence electrons. The molecule has 0 aliphatic carbocycles. The molecule has 0 saturated carbocycles. The maximum atomic E-state index is 12.0. The van der Waals surface area contributed by atoms with E-state index >= 15 is 0 Å². The quantitative estimate of drug-likeness (QED) is 0.758. The van der Waals surface area contributed by atoms with Crippen LogP contribution in [0.3, 0.4) is 0 Å². The van der Waals surface area contributed by atoms with Crippen LogP contribution in [0.15, 0.2) is 24.5 Å². The Morgan fingerprint density at radius 2 is 2.27 bits per heavy atom. The Kier molecular flexibility index (Phi) is 1.74. The average molecular weight is 201 g/mol. The molecule has 0 unspecified atom stereocenters. The second-order valence-electron chi connectivity index (χ2n) is 3.74. The third-order valence-corrected chi connectivity index (χ3v) is 2.83. The van der Waals surface area contributed by atoms with Gasteiger partial charge < -0.3 is 9.88 Å². The van der Waals surface area contributed by atoms with E-state index < -0.39 is 0 Å². The zero-order chi connectivity index (χ0) is 10.3. The van der Waals surface area contributed by atoms with E-state index in [-0.39, 0.29) is 5.91 Å². The third kappa shape index (κ3) is 1.21. The minimum atomic E-state index is 0.119. The Labute approximate surface area is 86.9 Å². The smallest absolute Gasteiger partial charge is 0.254 e. The van der Waals surface area contributed by atoms with Gasteiger partial charge in [-0.2, -0.15) is 0 Å². The van der Waals surface area contributed by atoms with Crippen LogP contribution in [-0.4, -0.2) is 33.9 Å². The minimum absolute atomic E-state index is 0.119. The van der Waals surface area contributed by atoms with Crippen LogP contribution in [0.2, 0.25) is 0 Å². The van der Waals surface area contributed by atoms with Gasteiger partial charge in [-0.15, -0.1) is 0 Å². The summed E-state index contributed by atoms with van der Waals surface area (Å²) in [5, 5.41) is 0.911. The number of carbonyl (C=O) groups excluding carboxylic acids is 1. The summed E-state index contributed by atoms with van der Waals surface area (Å²) in [6.07, 6.45) is 4.60. The molecule has 0 bridgehead atoms. The van der Waals surface area contributed by atoms with E-state index in [1.807, 2.05) is 17.2 Å². The fraction of sp³-hybridized carbons (Fsp3) is 0.273. The van der Waals surface area contributed by atoms with Gasteiger partial charge in [0.15, 0.2) is 0 Å². The largest absolute Gasteiger partial charge is 0.346 e. The van der Waals surface area contributed by atoms with Gasteiger partial charge in [-0.05, 0) is 18.6 Å². The lowest BCUT2D eigenvalue weighted by Gasteiger charge is -2.31. The molecule has 0 atom stereocenters. The van der Waals surface area contributed by atoms with E-state index in [1.165, 1.54) is 0 Å². The highest BCUT2D eigenvalue weighted by Gasteiger charge is 2.23. The lowest BCUT2D eigenvalue weighted by atomic mass is 10.1. The monoisotopic (exact) mass is 201 g/mol. The van der Waals surface area contributed by atoms with Gasteiger partial charge >= 0.3 is 0 Å². The first-order chi connectivity index (χ1) is 7.36. The number of aromatic amines is 1. The highest BCUT2D eigenvalue weighted by atomic mass is 16.2. The van der Waals surface area contributed by atoms with E-state index in [0.29, 0.717) is 0 Å². The number of carbonyl (C=O) groups is 1. The molecule has 1 N–H and O–H groups in total. The Morgan fingerprint density at radius 3 is 3.00 bits per heavy atom. The number of nitrogens with one attached hydrogen (secondary N) is 1. The summed E-state index contributed by atoms with van der Waals surface area (Å²) in [5.41, 5.74) is 1.53. The van der Waals surface area contributed by atoms with Crippen molar-refractivity contribution in [1.82, 2.24) is 14.9 Å². The van der Waals surface area contributed by atoms with E-state index in [9.17, 15) is 4.79 Å². The van der Waals surface area contributed by atoms with Crippen LogP contribution in [0.1, 0.15) is 16.8 Å². The molecule has 3 heterocycles. The molecule has 1 saturated heterocycles. The molecule has 15 heavy (non-hydrogen) atoms. The van der Waals surface area contributed by atoms with Crippen molar-refractivity contribution in [2.75, 3.05) is 13.1 Å². The zero-order valence-corrected chi connectivity index (χ0v) is 8.23. The number of hydrogen-bond acceptors (Lipinski definition) is 2. The molecule has 4 nitrogen and oxygen atoms in total. The van der Waals surface area contributed by atoms with Crippen LogP contribution < -0.4 is 0 Å². The number of nitrogens with zero attached hydrogens (tertiary/aromatic N) is 2. The second kappa shape index (κ2) is 3.08. The highest BCUT2D eigenvalue weighted by molar-refractivity contribution is 6.05. The predicted molar refractivity (Wildman–Crippen MR) is 56.6 cm³/mol. The van der Waals surface area contributed by atoms with Crippen molar-refractivity contribution in [3.8, 4) is 0 Å². The summed E-state index contributed by atoms with van der Waals surface area (Å²) in [7, 11) is 0. The summed E-state index contributed by atoms with van der Waals surface area (Å²) in [6.45, 7) is 1.76. The van der Waals surface area contributed by atoms with Crippen molar-refractivity contribution >= 4 is 16.9 Å². The summed E-state index contributed by atoms with van der Waals surface area (Å²) in [5.74, 6) is 0.119. The zero-order valence-electron chi connectivity index (χ0n) is 8.23. The molecule has 1 aliphatic heterocycles. The molecule has 0 aromatic carbocycles. The maximum Gasteiger partial charge on any atom is 0.254 e. The number of likely N-dealkylation sites (tertiary alicyclic amines) is 1. The Bertz CT molecular complexity index is 513. The molecular weight excluding hydrogens is 190 g/mol. The second-order valence-corrected chi connectivity index (χ2v) is 3.74. The van der Waals surface area contributed by atoms with Crippen molar-refractivity contribution < 1.29 is 4.79 Å². The lowest BCUT2D eigenvalue weighted by Crippen LogP contribution is -2.42.